The van der Waals surface area contributed by atoms with E-state index in [-0.39, 0.29) is 5.82 Å². The van der Waals surface area contributed by atoms with Crippen molar-refractivity contribution in [3.05, 3.63) is 54.2 Å². The number of nitrogens with one attached hydrogen (secondary N) is 2. The molecule has 0 amide bonds. The minimum atomic E-state index is -0.333. The average Bonchev–Trinajstić information content (AvgIpc) is 3.59. The van der Waals surface area contributed by atoms with Gasteiger partial charge in [-0.3, -0.25) is 15.0 Å². The number of hydrogen-bond acceptors (Lipinski definition) is 7. The number of H-pyrrole nitrogens is 2. The van der Waals surface area contributed by atoms with Crippen molar-refractivity contribution in [2.75, 3.05) is 51.2 Å². The summed E-state index contributed by atoms with van der Waals surface area (Å²) < 4.78 is 16.2. The number of fused-ring (bicyclic) bond motifs is 2. The summed E-state index contributed by atoms with van der Waals surface area (Å²) in [5, 5.41) is 7.88. The third kappa shape index (κ3) is 4.53. The fraction of sp³-hybridized carbons (Fsp3) is 0.379. The maximum atomic E-state index is 16.2. The summed E-state index contributed by atoms with van der Waals surface area (Å²) in [7, 11) is 2.14. The second-order valence-corrected chi connectivity index (χ2v) is 10.7. The predicted octanol–water partition coefficient (Wildman–Crippen LogP) is 4.44. The van der Waals surface area contributed by atoms with Gasteiger partial charge < -0.3 is 14.8 Å². The Balaban J connectivity index is 1.25. The van der Waals surface area contributed by atoms with Crippen molar-refractivity contribution in [2.45, 2.75) is 25.8 Å². The van der Waals surface area contributed by atoms with Gasteiger partial charge in [-0.15, -0.1) is 0 Å². The number of piperazine rings is 1. The lowest BCUT2D eigenvalue weighted by molar-refractivity contribution is 0.220. The molecule has 2 aliphatic rings. The van der Waals surface area contributed by atoms with Gasteiger partial charge in [-0.2, -0.15) is 5.10 Å². The van der Waals surface area contributed by atoms with E-state index in [9.17, 15) is 0 Å². The number of rotatable bonds is 5. The number of aromatic amines is 2. The Morgan fingerprint density at radius 1 is 0.974 bits per heavy atom. The monoisotopic (exact) mass is 525 g/mol. The van der Waals surface area contributed by atoms with Crippen LogP contribution in [-0.2, 0) is 6.54 Å². The Hall–Kier alpha value is -3.89. The molecule has 4 aromatic heterocycles. The number of likely N-dealkylation sites (tertiary alicyclic amines) is 1. The molecule has 39 heavy (non-hydrogen) atoms. The number of hydrogen-bond donors (Lipinski definition) is 2. The summed E-state index contributed by atoms with van der Waals surface area (Å²) in [5.41, 5.74) is 5.94. The van der Waals surface area contributed by atoms with Gasteiger partial charge in [0.05, 0.1) is 16.6 Å². The predicted molar refractivity (Wildman–Crippen MR) is 151 cm³/mol. The number of pyridine rings is 2. The largest absolute Gasteiger partial charge is 0.367 e. The van der Waals surface area contributed by atoms with Crippen LogP contribution in [0.4, 0.5) is 10.1 Å². The summed E-state index contributed by atoms with van der Waals surface area (Å²) in [4.78, 5) is 24.2. The zero-order valence-corrected chi connectivity index (χ0v) is 22.1. The van der Waals surface area contributed by atoms with E-state index in [4.69, 9.17) is 4.98 Å². The standard InChI is InChI=1S/C29H32FN9/c1-37-11-13-39(14-12-37)23-7-8-32-28-26(23)33-29(34-28)27-24-22(35-36-27)6-5-21(25(24)30)20-15-19(16-31-17-20)18-38-9-3-2-4-10-38/h5-8,15-17H,2-4,9-14,18H2,1H3,(H,35,36)(H,32,33,34). The van der Waals surface area contributed by atoms with E-state index in [1.807, 2.05) is 18.3 Å². The molecule has 5 aromatic rings. The molecule has 7 rings (SSSR count). The zero-order chi connectivity index (χ0) is 26.3. The highest BCUT2D eigenvalue weighted by molar-refractivity contribution is 5.97. The molecule has 0 aliphatic carbocycles. The molecule has 2 saturated heterocycles. The van der Waals surface area contributed by atoms with Crippen LogP contribution in [0.15, 0.2) is 42.9 Å². The van der Waals surface area contributed by atoms with Crippen molar-refractivity contribution in [1.82, 2.24) is 39.9 Å². The topological polar surface area (TPSA) is 92.9 Å². The molecule has 0 atom stereocenters. The highest BCUT2D eigenvalue weighted by Crippen LogP contribution is 2.35. The Kier molecular flexibility index (Phi) is 6.21. The van der Waals surface area contributed by atoms with Crippen LogP contribution in [-0.4, -0.2) is 86.2 Å². The quantitative estimate of drug-likeness (QED) is 0.350. The maximum absolute atomic E-state index is 16.2. The number of aromatic nitrogens is 6. The first kappa shape index (κ1) is 24.2. The van der Waals surface area contributed by atoms with Crippen LogP contribution >= 0.6 is 0 Å². The summed E-state index contributed by atoms with van der Waals surface area (Å²) in [5.74, 6) is 0.166. The molecule has 200 valence electrons. The van der Waals surface area contributed by atoms with Crippen molar-refractivity contribution in [2.24, 2.45) is 0 Å². The molecule has 9 nitrogen and oxygen atoms in total. The molecule has 10 heteroatoms. The smallest absolute Gasteiger partial charge is 0.180 e. The zero-order valence-electron chi connectivity index (χ0n) is 22.1. The van der Waals surface area contributed by atoms with E-state index in [0.717, 1.165) is 68.1 Å². The minimum absolute atomic E-state index is 0.333. The lowest BCUT2D eigenvalue weighted by atomic mass is 10.0. The van der Waals surface area contributed by atoms with Crippen LogP contribution in [0.1, 0.15) is 24.8 Å². The van der Waals surface area contributed by atoms with Gasteiger partial charge in [0.15, 0.2) is 11.5 Å². The lowest BCUT2D eigenvalue weighted by Gasteiger charge is -2.34. The molecule has 2 fully saturated rings. The fourth-order valence-corrected chi connectivity index (χ4v) is 5.89. The lowest BCUT2D eigenvalue weighted by Crippen LogP contribution is -2.44. The molecule has 0 unspecified atom stereocenters. The summed E-state index contributed by atoms with van der Waals surface area (Å²) in [6.07, 6.45) is 9.16. The molecule has 0 bridgehead atoms. The van der Waals surface area contributed by atoms with Crippen molar-refractivity contribution < 1.29 is 4.39 Å². The van der Waals surface area contributed by atoms with E-state index in [2.05, 4.69) is 53.0 Å². The van der Waals surface area contributed by atoms with E-state index in [0.29, 0.717) is 33.6 Å². The first-order valence-electron chi connectivity index (χ1n) is 13.8. The van der Waals surface area contributed by atoms with Crippen LogP contribution in [0.5, 0.6) is 0 Å². The molecule has 1 aromatic carbocycles. The molecule has 2 N–H and O–H groups in total. The summed E-state index contributed by atoms with van der Waals surface area (Å²) >= 11 is 0. The van der Waals surface area contributed by atoms with Gasteiger partial charge in [0.1, 0.15) is 17.0 Å². The second kappa shape index (κ2) is 10.0. The van der Waals surface area contributed by atoms with Crippen LogP contribution in [0.3, 0.4) is 0 Å². The van der Waals surface area contributed by atoms with Crippen LogP contribution in [0.2, 0.25) is 0 Å². The van der Waals surface area contributed by atoms with E-state index in [1.165, 1.54) is 19.3 Å². The molecule has 0 radical (unpaired) electrons. The third-order valence-corrected chi connectivity index (χ3v) is 8.07. The number of halogens is 1. The second-order valence-electron chi connectivity index (χ2n) is 10.7. The van der Waals surface area contributed by atoms with Gasteiger partial charge in [0.25, 0.3) is 0 Å². The van der Waals surface area contributed by atoms with Gasteiger partial charge >= 0.3 is 0 Å². The summed E-state index contributed by atoms with van der Waals surface area (Å²) in [6, 6.07) is 7.74. The first-order chi connectivity index (χ1) is 19.1. The van der Waals surface area contributed by atoms with Crippen molar-refractivity contribution >= 4 is 27.8 Å². The number of likely N-dealkylation sites (N-methyl/N-ethyl adjacent to an activating group) is 1. The van der Waals surface area contributed by atoms with E-state index >= 15 is 4.39 Å². The highest BCUT2D eigenvalue weighted by atomic mass is 19.1. The molecule has 2 aliphatic heterocycles. The SMILES string of the molecule is CN1CCN(c2ccnc3nc(-c4n[nH]c5ccc(-c6cncc(CN7CCCCC7)c6)c(F)c45)[nH]c23)CC1. The van der Waals surface area contributed by atoms with Crippen molar-refractivity contribution in [3.63, 3.8) is 0 Å². The Morgan fingerprint density at radius 3 is 2.67 bits per heavy atom. The average molecular weight is 526 g/mol. The van der Waals surface area contributed by atoms with Crippen LogP contribution in [0, 0.1) is 5.82 Å². The van der Waals surface area contributed by atoms with Crippen molar-refractivity contribution in [1.29, 1.82) is 0 Å². The Labute approximate surface area is 226 Å². The van der Waals surface area contributed by atoms with Crippen LogP contribution < -0.4 is 4.90 Å². The molecule has 0 spiro atoms. The Morgan fingerprint density at radius 2 is 1.82 bits per heavy atom. The highest BCUT2D eigenvalue weighted by Gasteiger charge is 2.23. The van der Waals surface area contributed by atoms with Gasteiger partial charge in [0.2, 0.25) is 0 Å². The minimum Gasteiger partial charge on any atom is -0.367 e. The number of imidazole rings is 1. The molecular formula is C29H32FN9. The normalized spacial score (nSPS) is 17.4. The third-order valence-electron chi connectivity index (χ3n) is 8.07. The fourth-order valence-electron chi connectivity index (χ4n) is 5.89. The maximum Gasteiger partial charge on any atom is 0.180 e. The first-order valence-corrected chi connectivity index (χ1v) is 13.8. The number of piperidine rings is 1. The summed E-state index contributed by atoms with van der Waals surface area (Å²) in [6.45, 7) is 6.89. The van der Waals surface area contributed by atoms with Crippen LogP contribution in [0.25, 0.3) is 44.7 Å². The molecule has 0 saturated carbocycles. The number of anilines is 1. The number of benzene rings is 1. The van der Waals surface area contributed by atoms with E-state index in [1.54, 1.807) is 18.5 Å². The van der Waals surface area contributed by atoms with Gasteiger partial charge in [-0.1, -0.05) is 6.42 Å². The van der Waals surface area contributed by atoms with E-state index < -0.39 is 0 Å². The van der Waals surface area contributed by atoms with Crippen molar-refractivity contribution in [3.8, 4) is 22.6 Å². The Bertz CT molecular complexity index is 1630. The number of nitrogens with zero attached hydrogens (tertiary/aromatic N) is 7. The van der Waals surface area contributed by atoms with Gasteiger partial charge in [-0.25, -0.2) is 14.4 Å². The molecule has 6 heterocycles. The molecular weight excluding hydrogens is 493 g/mol. The van der Waals surface area contributed by atoms with Gasteiger partial charge in [-0.05, 0) is 62.8 Å². The van der Waals surface area contributed by atoms with Gasteiger partial charge in [0, 0.05) is 62.4 Å².